The molecule has 0 saturated carbocycles. The minimum atomic E-state index is -0.978. The highest BCUT2D eigenvalue weighted by Gasteiger charge is 2.26. The molecule has 0 fully saturated rings. The average molecular weight is 506 g/mol. The number of hydrogen-bond donors (Lipinski definition) is 2. The molecular weight excluding hydrogens is 485 g/mol. The summed E-state index contributed by atoms with van der Waals surface area (Å²) in [6.45, 7) is 3.17. The number of aryl methyl sites for hydroxylation is 1. The zero-order valence-electron chi connectivity index (χ0n) is 19.3. The van der Waals surface area contributed by atoms with Gasteiger partial charge in [-0.3, -0.25) is 4.79 Å². The molecule has 0 spiro atoms. The van der Waals surface area contributed by atoms with E-state index >= 15 is 0 Å². The first-order valence-corrected chi connectivity index (χ1v) is 11.5. The highest BCUT2D eigenvalue weighted by Crippen LogP contribution is 2.34. The second-order valence-electron chi connectivity index (χ2n) is 8.32. The molecule has 2 atom stereocenters. The Hall–Kier alpha value is -4.08. The van der Waals surface area contributed by atoms with Crippen LogP contribution in [0.5, 0.6) is 0 Å². The van der Waals surface area contributed by atoms with Crippen LogP contribution < -0.4 is 5.32 Å². The van der Waals surface area contributed by atoms with Crippen LogP contribution in [0.25, 0.3) is 27.8 Å². The van der Waals surface area contributed by atoms with Crippen molar-refractivity contribution < 1.29 is 18.8 Å². The number of amides is 1. The van der Waals surface area contributed by atoms with Gasteiger partial charge in [-0.05, 0) is 62.4 Å². The molecular formula is C26H21ClFN5O3. The number of aromatic nitrogens is 4. The number of carbonyl (C=O) groups excluding carboxylic acids is 1. The SMILES string of the molecule is Cc1noc([C@H](NC(=O)c2ccc3c(-c4ccccc4Cl)nn(-c4ccc(F)cc4)c3c2)[C@H](C)O)n1. The molecule has 0 aliphatic rings. The molecule has 0 bridgehead atoms. The molecule has 3 aromatic carbocycles. The van der Waals surface area contributed by atoms with Crippen molar-refractivity contribution in [1.82, 2.24) is 25.2 Å². The van der Waals surface area contributed by atoms with Gasteiger partial charge < -0.3 is 14.9 Å². The third-order valence-corrected chi connectivity index (χ3v) is 6.05. The predicted octanol–water partition coefficient (Wildman–Crippen LogP) is 5.03. The first kappa shape index (κ1) is 23.7. The molecule has 0 aliphatic heterocycles. The van der Waals surface area contributed by atoms with Gasteiger partial charge in [0.15, 0.2) is 5.82 Å². The summed E-state index contributed by atoms with van der Waals surface area (Å²) in [5.41, 5.74) is 2.89. The Labute approximate surface area is 210 Å². The van der Waals surface area contributed by atoms with Crippen LogP contribution in [0.15, 0.2) is 71.3 Å². The van der Waals surface area contributed by atoms with Gasteiger partial charge in [-0.1, -0.05) is 35.0 Å². The van der Waals surface area contributed by atoms with Gasteiger partial charge in [0.1, 0.15) is 17.6 Å². The van der Waals surface area contributed by atoms with E-state index in [1.807, 2.05) is 18.2 Å². The monoisotopic (exact) mass is 505 g/mol. The summed E-state index contributed by atoms with van der Waals surface area (Å²) in [6, 6.07) is 17.4. The van der Waals surface area contributed by atoms with Crippen LogP contribution in [0.3, 0.4) is 0 Å². The number of aliphatic hydroxyl groups excluding tert-OH is 1. The van der Waals surface area contributed by atoms with E-state index in [1.54, 1.807) is 48.0 Å². The molecule has 5 aromatic rings. The Kier molecular flexibility index (Phi) is 6.26. The summed E-state index contributed by atoms with van der Waals surface area (Å²) in [5, 5.41) is 22.7. The van der Waals surface area contributed by atoms with Crippen molar-refractivity contribution in [1.29, 1.82) is 0 Å². The molecule has 182 valence electrons. The van der Waals surface area contributed by atoms with Gasteiger partial charge in [0.05, 0.1) is 22.3 Å². The summed E-state index contributed by atoms with van der Waals surface area (Å²) in [6.07, 6.45) is -0.978. The maximum absolute atomic E-state index is 13.6. The summed E-state index contributed by atoms with van der Waals surface area (Å²) in [4.78, 5) is 17.3. The summed E-state index contributed by atoms with van der Waals surface area (Å²) >= 11 is 6.46. The van der Waals surface area contributed by atoms with Crippen LogP contribution in [0.2, 0.25) is 5.02 Å². The number of fused-ring (bicyclic) bond motifs is 1. The molecule has 2 aromatic heterocycles. The number of benzene rings is 3. The van der Waals surface area contributed by atoms with E-state index in [0.29, 0.717) is 33.3 Å². The Bertz CT molecular complexity index is 1560. The Morgan fingerprint density at radius 2 is 1.89 bits per heavy atom. The maximum Gasteiger partial charge on any atom is 0.252 e. The van der Waals surface area contributed by atoms with E-state index in [0.717, 1.165) is 10.9 Å². The van der Waals surface area contributed by atoms with Crippen molar-refractivity contribution >= 4 is 28.4 Å². The van der Waals surface area contributed by atoms with Crippen LogP contribution in [0, 0.1) is 12.7 Å². The number of halogens is 2. The molecule has 0 aliphatic carbocycles. The van der Waals surface area contributed by atoms with Gasteiger partial charge in [-0.2, -0.15) is 10.1 Å². The smallest absolute Gasteiger partial charge is 0.252 e. The topological polar surface area (TPSA) is 106 Å². The number of nitrogens with zero attached hydrogens (tertiary/aromatic N) is 4. The first-order valence-electron chi connectivity index (χ1n) is 11.1. The fraction of sp³-hybridized carbons (Fsp3) is 0.154. The van der Waals surface area contributed by atoms with Gasteiger partial charge in [0, 0.05) is 16.5 Å². The van der Waals surface area contributed by atoms with Crippen LogP contribution in [-0.2, 0) is 0 Å². The molecule has 8 nitrogen and oxygen atoms in total. The van der Waals surface area contributed by atoms with E-state index in [-0.39, 0.29) is 11.7 Å². The summed E-state index contributed by atoms with van der Waals surface area (Å²) < 4.78 is 20.4. The largest absolute Gasteiger partial charge is 0.391 e. The third-order valence-electron chi connectivity index (χ3n) is 5.72. The van der Waals surface area contributed by atoms with Gasteiger partial charge in [0.25, 0.3) is 11.8 Å². The zero-order valence-corrected chi connectivity index (χ0v) is 20.1. The minimum Gasteiger partial charge on any atom is -0.391 e. The van der Waals surface area contributed by atoms with Gasteiger partial charge in [-0.15, -0.1) is 0 Å². The molecule has 2 N–H and O–H groups in total. The lowest BCUT2D eigenvalue weighted by Crippen LogP contribution is -2.35. The molecule has 0 saturated heterocycles. The highest BCUT2D eigenvalue weighted by atomic mass is 35.5. The van der Waals surface area contributed by atoms with Crippen molar-refractivity contribution in [2.45, 2.75) is 26.0 Å². The van der Waals surface area contributed by atoms with Crippen molar-refractivity contribution in [3.05, 3.63) is 94.8 Å². The fourth-order valence-electron chi connectivity index (χ4n) is 3.94. The van der Waals surface area contributed by atoms with Crippen molar-refractivity contribution in [2.24, 2.45) is 0 Å². The Morgan fingerprint density at radius 1 is 1.14 bits per heavy atom. The highest BCUT2D eigenvalue weighted by molar-refractivity contribution is 6.33. The molecule has 5 rings (SSSR count). The first-order chi connectivity index (χ1) is 17.3. The molecule has 36 heavy (non-hydrogen) atoms. The van der Waals surface area contributed by atoms with Gasteiger partial charge in [-0.25, -0.2) is 9.07 Å². The normalized spacial score (nSPS) is 13.0. The van der Waals surface area contributed by atoms with Crippen molar-refractivity contribution in [3.63, 3.8) is 0 Å². The van der Waals surface area contributed by atoms with Crippen molar-refractivity contribution in [2.75, 3.05) is 0 Å². The molecule has 1 amide bonds. The second kappa shape index (κ2) is 9.52. The number of carbonyl (C=O) groups is 1. The number of aliphatic hydroxyl groups is 1. The number of hydrogen-bond acceptors (Lipinski definition) is 6. The fourth-order valence-corrected chi connectivity index (χ4v) is 4.17. The van der Waals surface area contributed by atoms with E-state index in [4.69, 9.17) is 21.2 Å². The summed E-state index contributed by atoms with van der Waals surface area (Å²) in [5.74, 6) is -0.331. The quantitative estimate of drug-likeness (QED) is 0.335. The van der Waals surface area contributed by atoms with Gasteiger partial charge >= 0.3 is 0 Å². The van der Waals surface area contributed by atoms with E-state index in [1.165, 1.54) is 19.1 Å². The molecule has 0 unspecified atom stereocenters. The zero-order chi connectivity index (χ0) is 25.4. The maximum atomic E-state index is 13.6. The predicted molar refractivity (Wildman–Crippen MR) is 132 cm³/mol. The van der Waals surface area contributed by atoms with Crippen LogP contribution >= 0.6 is 11.6 Å². The third kappa shape index (κ3) is 4.46. The Balaban J connectivity index is 1.60. The van der Waals surface area contributed by atoms with E-state index in [2.05, 4.69) is 15.5 Å². The van der Waals surface area contributed by atoms with Gasteiger partial charge in [0.2, 0.25) is 0 Å². The lowest BCUT2D eigenvalue weighted by Gasteiger charge is -2.17. The lowest BCUT2D eigenvalue weighted by atomic mass is 10.1. The molecule has 0 radical (unpaired) electrons. The van der Waals surface area contributed by atoms with Crippen LogP contribution in [-0.4, -0.2) is 37.0 Å². The average Bonchev–Trinajstić information content (AvgIpc) is 3.46. The second-order valence-corrected chi connectivity index (χ2v) is 8.73. The molecule has 2 heterocycles. The standard InChI is InChI=1S/C26H21ClFN5O3/c1-14(34)23(26-29-15(2)32-36-26)30-25(35)16-7-12-20-22(13-16)33(18-10-8-17(28)9-11-18)31-24(20)19-5-3-4-6-21(19)27/h3-14,23,34H,1-2H3,(H,30,35)/t14-,23+/m0/s1. The van der Waals surface area contributed by atoms with E-state index in [9.17, 15) is 14.3 Å². The Morgan fingerprint density at radius 3 is 2.56 bits per heavy atom. The number of nitrogens with one attached hydrogen (secondary N) is 1. The molecule has 10 heteroatoms. The number of rotatable bonds is 6. The summed E-state index contributed by atoms with van der Waals surface area (Å²) in [7, 11) is 0. The lowest BCUT2D eigenvalue weighted by molar-refractivity contribution is 0.0818. The van der Waals surface area contributed by atoms with Crippen LogP contribution in [0.1, 0.15) is 35.0 Å². The van der Waals surface area contributed by atoms with Crippen LogP contribution in [0.4, 0.5) is 4.39 Å². The van der Waals surface area contributed by atoms with Crippen molar-refractivity contribution in [3.8, 4) is 16.9 Å². The van der Waals surface area contributed by atoms with E-state index < -0.39 is 18.1 Å². The minimum absolute atomic E-state index is 0.106.